The lowest BCUT2D eigenvalue weighted by molar-refractivity contribution is -0.111. The van der Waals surface area contributed by atoms with Gasteiger partial charge in [0, 0.05) is 6.26 Å². The lowest BCUT2D eigenvalue weighted by Crippen LogP contribution is -2.13. The van der Waals surface area contributed by atoms with Crippen molar-refractivity contribution in [2.24, 2.45) is 0 Å². The van der Waals surface area contributed by atoms with E-state index in [2.05, 4.69) is 16.6 Å². The van der Waals surface area contributed by atoms with Crippen LogP contribution in [-0.4, -0.2) is 33.7 Å². The van der Waals surface area contributed by atoms with Gasteiger partial charge in [0.2, 0.25) is 5.91 Å². The number of benzene rings is 1. The number of carbonyl (C=O) groups is 2. The summed E-state index contributed by atoms with van der Waals surface area (Å²) in [7, 11) is -2.30. The standard InChI is InChI=1S/C12H13NO5S/c1-4-11(14)13-10-6-5-8(19(3,16)17)7-9(10)12(15)18-2/h4-7H,1H2,2-3H3,(H,13,14). The fraction of sp³-hybridized carbons (Fsp3) is 0.167. The third kappa shape index (κ3) is 3.65. The summed E-state index contributed by atoms with van der Waals surface area (Å²) in [5.41, 5.74) is 0.116. The van der Waals surface area contributed by atoms with Crippen LogP contribution in [0.25, 0.3) is 0 Å². The molecule has 0 unspecified atom stereocenters. The van der Waals surface area contributed by atoms with E-state index in [-0.39, 0.29) is 16.1 Å². The Morgan fingerprint density at radius 2 is 2.00 bits per heavy atom. The Bertz CT molecular complexity index is 634. The number of ether oxygens (including phenoxy) is 1. The summed E-state index contributed by atoms with van der Waals surface area (Å²) in [6.07, 6.45) is 2.05. The molecule has 1 rings (SSSR count). The van der Waals surface area contributed by atoms with Crippen LogP contribution >= 0.6 is 0 Å². The van der Waals surface area contributed by atoms with Gasteiger partial charge in [-0.3, -0.25) is 4.79 Å². The summed E-state index contributed by atoms with van der Waals surface area (Å²) in [6, 6.07) is 3.77. The first-order chi connectivity index (χ1) is 8.79. The first-order valence-electron chi connectivity index (χ1n) is 5.15. The Kier molecular flexibility index (Phi) is 4.44. The van der Waals surface area contributed by atoms with E-state index in [0.29, 0.717) is 0 Å². The molecule has 1 N–H and O–H groups in total. The third-order valence-electron chi connectivity index (χ3n) is 2.27. The molecule has 0 atom stereocenters. The highest BCUT2D eigenvalue weighted by molar-refractivity contribution is 7.90. The van der Waals surface area contributed by atoms with Crippen molar-refractivity contribution < 1.29 is 22.7 Å². The van der Waals surface area contributed by atoms with Crippen molar-refractivity contribution in [2.75, 3.05) is 18.7 Å². The minimum Gasteiger partial charge on any atom is -0.465 e. The fourth-order valence-corrected chi connectivity index (χ4v) is 1.97. The van der Waals surface area contributed by atoms with Gasteiger partial charge >= 0.3 is 5.97 Å². The molecule has 0 bridgehead atoms. The number of anilines is 1. The van der Waals surface area contributed by atoms with Crippen molar-refractivity contribution in [3.63, 3.8) is 0 Å². The van der Waals surface area contributed by atoms with Crippen LogP contribution < -0.4 is 5.32 Å². The molecule has 0 fully saturated rings. The van der Waals surface area contributed by atoms with Gasteiger partial charge in [0.15, 0.2) is 9.84 Å². The number of rotatable bonds is 4. The largest absolute Gasteiger partial charge is 0.465 e. The Morgan fingerprint density at radius 3 is 2.47 bits per heavy atom. The summed E-state index contributed by atoms with van der Waals surface area (Å²) >= 11 is 0. The number of esters is 1. The van der Waals surface area contributed by atoms with Gasteiger partial charge in [-0.2, -0.15) is 0 Å². The van der Waals surface area contributed by atoms with Gasteiger partial charge in [-0.15, -0.1) is 0 Å². The smallest absolute Gasteiger partial charge is 0.340 e. The molecule has 0 heterocycles. The Labute approximate surface area is 111 Å². The van der Waals surface area contributed by atoms with Gasteiger partial charge in [0.25, 0.3) is 0 Å². The topological polar surface area (TPSA) is 89.5 Å². The quantitative estimate of drug-likeness (QED) is 0.657. The summed E-state index contributed by atoms with van der Waals surface area (Å²) in [4.78, 5) is 22.8. The summed E-state index contributed by atoms with van der Waals surface area (Å²) < 4.78 is 27.4. The molecule has 0 saturated heterocycles. The third-order valence-corrected chi connectivity index (χ3v) is 3.38. The molecule has 1 aromatic carbocycles. The molecule has 0 aliphatic carbocycles. The zero-order valence-corrected chi connectivity index (χ0v) is 11.3. The van der Waals surface area contributed by atoms with Crippen LogP contribution in [0.5, 0.6) is 0 Å². The number of hydrogen-bond acceptors (Lipinski definition) is 5. The highest BCUT2D eigenvalue weighted by Gasteiger charge is 2.17. The molecule has 0 aromatic heterocycles. The molecule has 0 radical (unpaired) electrons. The SMILES string of the molecule is C=CC(=O)Nc1ccc(S(C)(=O)=O)cc1C(=O)OC. The van der Waals surface area contributed by atoms with Crippen LogP contribution in [0.15, 0.2) is 35.7 Å². The van der Waals surface area contributed by atoms with Crippen LogP contribution in [0.3, 0.4) is 0 Å². The highest BCUT2D eigenvalue weighted by atomic mass is 32.2. The molecule has 0 aliphatic heterocycles. The zero-order valence-electron chi connectivity index (χ0n) is 10.5. The van der Waals surface area contributed by atoms with Crippen LogP contribution in [0, 0.1) is 0 Å². The number of carbonyl (C=O) groups excluding carboxylic acids is 2. The van der Waals surface area contributed by atoms with Crippen LogP contribution in [0.2, 0.25) is 0 Å². The predicted octanol–water partition coefficient (Wildman–Crippen LogP) is 1.00. The number of amides is 1. The van der Waals surface area contributed by atoms with Gasteiger partial charge in [0.1, 0.15) is 0 Å². The van der Waals surface area contributed by atoms with Crippen molar-refractivity contribution in [1.82, 2.24) is 0 Å². The number of nitrogens with one attached hydrogen (secondary N) is 1. The van der Waals surface area contributed by atoms with Gasteiger partial charge in [-0.25, -0.2) is 13.2 Å². The molecule has 19 heavy (non-hydrogen) atoms. The Morgan fingerprint density at radius 1 is 1.37 bits per heavy atom. The van der Waals surface area contributed by atoms with Gasteiger partial charge in [-0.1, -0.05) is 6.58 Å². The van der Waals surface area contributed by atoms with Crippen molar-refractivity contribution in [3.05, 3.63) is 36.4 Å². The molecule has 6 nitrogen and oxygen atoms in total. The first kappa shape index (κ1) is 14.9. The molecule has 1 amide bonds. The number of methoxy groups -OCH3 is 1. The normalized spacial score (nSPS) is 10.6. The summed E-state index contributed by atoms with van der Waals surface area (Å²) in [5.74, 6) is -1.26. The first-order valence-corrected chi connectivity index (χ1v) is 7.04. The lowest BCUT2D eigenvalue weighted by atomic mass is 10.2. The van der Waals surface area contributed by atoms with E-state index in [9.17, 15) is 18.0 Å². The predicted molar refractivity (Wildman–Crippen MR) is 69.7 cm³/mol. The minimum absolute atomic E-state index is 0.0375. The summed E-state index contributed by atoms with van der Waals surface area (Å²) in [6.45, 7) is 3.28. The molecule has 1 aromatic rings. The van der Waals surface area contributed by atoms with E-state index in [1.165, 1.54) is 12.1 Å². The van der Waals surface area contributed by atoms with Crippen molar-refractivity contribution in [3.8, 4) is 0 Å². The van der Waals surface area contributed by atoms with E-state index in [1.54, 1.807) is 0 Å². The molecule has 0 saturated carbocycles. The molecular weight excluding hydrogens is 270 g/mol. The monoisotopic (exact) mass is 283 g/mol. The molecule has 0 aliphatic rings. The van der Waals surface area contributed by atoms with E-state index in [1.807, 2.05) is 0 Å². The second-order valence-electron chi connectivity index (χ2n) is 3.66. The maximum absolute atomic E-state index is 11.6. The molecule has 0 spiro atoms. The highest BCUT2D eigenvalue weighted by Crippen LogP contribution is 2.21. The van der Waals surface area contributed by atoms with E-state index < -0.39 is 21.7 Å². The van der Waals surface area contributed by atoms with E-state index >= 15 is 0 Å². The lowest BCUT2D eigenvalue weighted by Gasteiger charge is -2.10. The van der Waals surface area contributed by atoms with Crippen LogP contribution in [0.1, 0.15) is 10.4 Å². The van der Waals surface area contributed by atoms with Crippen molar-refractivity contribution in [1.29, 1.82) is 0 Å². The average molecular weight is 283 g/mol. The van der Waals surface area contributed by atoms with Gasteiger partial charge in [0.05, 0.1) is 23.3 Å². The maximum atomic E-state index is 11.6. The van der Waals surface area contributed by atoms with E-state index in [4.69, 9.17) is 0 Å². The zero-order chi connectivity index (χ0) is 14.6. The Hall–Kier alpha value is -2.15. The van der Waals surface area contributed by atoms with Gasteiger partial charge in [-0.05, 0) is 24.3 Å². The number of hydrogen-bond donors (Lipinski definition) is 1. The van der Waals surface area contributed by atoms with Gasteiger partial charge < -0.3 is 10.1 Å². The summed E-state index contributed by atoms with van der Waals surface area (Å²) in [5, 5.41) is 2.40. The number of sulfone groups is 1. The second kappa shape index (κ2) is 5.66. The molecule has 102 valence electrons. The minimum atomic E-state index is -3.46. The van der Waals surface area contributed by atoms with Crippen LogP contribution in [-0.2, 0) is 19.4 Å². The average Bonchev–Trinajstić information content (AvgIpc) is 2.36. The molecule has 7 heteroatoms. The van der Waals surface area contributed by atoms with E-state index in [0.717, 1.165) is 25.5 Å². The Balaban J connectivity index is 3.36. The fourth-order valence-electron chi connectivity index (χ4n) is 1.33. The van der Waals surface area contributed by atoms with Crippen molar-refractivity contribution in [2.45, 2.75) is 4.90 Å². The van der Waals surface area contributed by atoms with Crippen molar-refractivity contribution >= 4 is 27.4 Å². The second-order valence-corrected chi connectivity index (χ2v) is 5.68. The van der Waals surface area contributed by atoms with Crippen LogP contribution in [0.4, 0.5) is 5.69 Å². The molecular formula is C12H13NO5S. The maximum Gasteiger partial charge on any atom is 0.340 e.